The molecule has 8 heteroatoms. The predicted octanol–water partition coefficient (Wildman–Crippen LogP) is 2.54. The first-order valence-corrected chi connectivity index (χ1v) is 10.1. The molecule has 1 heterocycles. The first kappa shape index (κ1) is 19.4. The number of amides is 1. The van der Waals surface area contributed by atoms with E-state index in [1.807, 2.05) is 0 Å². The minimum Gasteiger partial charge on any atom is -0.376 e. The van der Waals surface area contributed by atoms with Crippen LogP contribution in [-0.4, -0.2) is 39.7 Å². The first-order chi connectivity index (χ1) is 11.3. The van der Waals surface area contributed by atoms with Gasteiger partial charge in [0.2, 0.25) is 0 Å². The van der Waals surface area contributed by atoms with Crippen molar-refractivity contribution in [2.24, 2.45) is 0 Å². The summed E-state index contributed by atoms with van der Waals surface area (Å²) in [5.41, 5.74) is 0.558. The largest absolute Gasteiger partial charge is 0.376 e. The van der Waals surface area contributed by atoms with Gasteiger partial charge in [-0.1, -0.05) is 22.0 Å². The highest BCUT2D eigenvalue weighted by Crippen LogP contribution is 2.20. The van der Waals surface area contributed by atoms with E-state index in [0.29, 0.717) is 16.6 Å². The number of benzene rings is 1. The summed E-state index contributed by atoms with van der Waals surface area (Å²) in [6, 6.07) is 4.88. The number of hydrogen-bond donors (Lipinski definition) is 1. The van der Waals surface area contributed by atoms with Crippen LogP contribution >= 0.6 is 15.9 Å². The summed E-state index contributed by atoms with van der Waals surface area (Å²) in [7, 11) is -3.94. The number of sulfonamides is 1. The topological polar surface area (TPSA) is 81.7 Å². The molecule has 0 bridgehead atoms. The Morgan fingerprint density at radius 3 is 2.88 bits per heavy atom. The normalized spacial score (nSPS) is 19.7. The molecule has 134 valence electrons. The minimum absolute atomic E-state index is 0.0297. The molecule has 0 spiro atoms. The van der Waals surface area contributed by atoms with E-state index in [-0.39, 0.29) is 17.6 Å². The Labute approximate surface area is 151 Å². The fourth-order valence-corrected chi connectivity index (χ4v) is 4.23. The van der Waals surface area contributed by atoms with E-state index in [1.165, 1.54) is 13.0 Å². The lowest BCUT2D eigenvalue weighted by molar-refractivity contribution is -0.133. The second-order valence-corrected chi connectivity index (χ2v) is 8.41. The highest BCUT2D eigenvalue weighted by molar-refractivity contribution is 9.10. The van der Waals surface area contributed by atoms with Gasteiger partial charge < -0.3 is 9.47 Å². The summed E-state index contributed by atoms with van der Waals surface area (Å²) in [5, 5.41) is 0. The lowest BCUT2D eigenvalue weighted by atomic mass is 10.1. The van der Waals surface area contributed by atoms with Crippen molar-refractivity contribution < 1.29 is 22.7 Å². The van der Waals surface area contributed by atoms with Crippen molar-refractivity contribution in [3.05, 3.63) is 28.2 Å². The van der Waals surface area contributed by atoms with Crippen LogP contribution < -0.4 is 4.72 Å². The third-order valence-corrected chi connectivity index (χ3v) is 5.83. The van der Waals surface area contributed by atoms with Gasteiger partial charge in [-0.25, -0.2) is 13.1 Å². The fourth-order valence-electron chi connectivity index (χ4n) is 2.40. The van der Waals surface area contributed by atoms with Crippen molar-refractivity contribution in [2.45, 2.75) is 50.2 Å². The van der Waals surface area contributed by atoms with Crippen LogP contribution in [0.4, 0.5) is 0 Å². The summed E-state index contributed by atoms with van der Waals surface area (Å²) in [5.74, 6) is -0.690. The van der Waals surface area contributed by atoms with E-state index in [2.05, 4.69) is 20.7 Å². The van der Waals surface area contributed by atoms with E-state index in [9.17, 15) is 13.2 Å². The molecule has 1 saturated heterocycles. The predicted molar refractivity (Wildman–Crippen MR) is 93.2 cm³/mol. The zero-order valence-corrected chi connectivity index (χ0v) is 16.2. The maximum Gasteiger partial charge on any atom is 0.264 e. The van der Waals surface area contributed by atoms with Gasteiger partial charge in [0.1, 0.15) is 6.10 Å². The SMILES string of the molecule is Cc1ccc(Br)cc1S(=O)(=O)NC(=O)[C@@H](C)OC[C@@H]1CCCCO1. The summed E-state index contributed by atoms with van der Waals surface area (Å²) in [4.78, 5) is 12.2. The molecule has 1 aromatic rings. The maximum absolute atomic E-state index is 12.4. The Kier molecular flexibility index (Phi) is 6.79. The lowest BCUT2D eigenvalue weighted by Crippen LogP contribution is -2.40. The summed E-state index contributed by atoms with van der Waals surface area (Å²) >= 11 is 3.24. The van der Waals surface area contributed by atoms with Crippen molar-refractivity contribution in [3.8, 4) is 0 Å². The van der Waals surface area contributed by atoms with E-state index < -0.39 is 22.0 Å². The highest BCUT2D eigenvalue weighted by Gasteiger charge is 2.25. The van der Waals surface area contributed by atoms with Crippen LogP contribution in [-0.2, 0) is 24.3 Å². The van der Waals surface area contributed by atoms with Gasteiger partial charge in [-0.15, -0.1) is 0 Å². The molecule has 0 aromatic heterocycles. The van der Waals surface area contributed by atoms with E-state index in [4.69, 9.17) is 9.47 Å². The van der Waals surface area contributed by atoms with Crippen LogP contribution in [0, 0.1) is 6.92 Å². The van der Waals surface area contributed by atoms with Crippen molar-refractivity contribution in [3.63, 3.8) is 0 Å². The lowest BCUT2D eigenvalue weighted by Gasteiger charge is -2.23. The minimum atomic E-state index is -3.94. The summed E-state index contributed by atoms with van der Waals surface area (Å²) < 4.78 is 38.5. The molecule has 0 aliphatic carbocycles. The molecule has 1 amide bonds. The Hall–Kier alpha value is -0.960. The van der Waals surface area contributed by atoms with Crippen LogP contribution in [0.25, 0.3) is 0 Å². The van der Waals surface area contributed by atoms with Crippen LogP contribution in [0.15, 0.2) is 27.6 Å². The zero-order chi connectivity index (χ0) is 17.7. The number of halogens is 1. The quantitative estimate of drug-likeness (QED) is 0.765. The molecular formula is C16H22BrNO5S. The van der Waals surface area contributed by atoms with Gasteiger partial charge in [0.15, 0.2) is 0 Å². The number of ether oxygens (including phenoxy) is 2. The third kappa shape index (κ3) is 5.27. The molecule has 1 aliphatic rings. The van der Waals surface area contributed by atoms with Crippen LogP contribution in [0.3, 0.4) is 0 Å². The van der Waals surface area contributed by atoms with Gasteiger partial charge in [0.25, 0.3) is 15.9 Å². The average molecular weight is 420 g/mol. The van der Waals surface area contributed by atoms with Crippen molar-refractivity contribution in [1.29, 1.82) is 0 Å². The van der Waals surface area contributed by atoms with Gasteiger partial charge in [-0.3, -0.25) is 4.79 Å². The number of nitrogens with one attached hydrogen (secondary N) is 1. The Balaban J connectivity index is 1.95. The van der Waals surface area contributed by atoms with Crippen LogP contribution in [0.5, 0.6) is 0 Å². The molecule has 1 fully saturated rings. The fraction of sp³-hybridized carbons (Fsp3) is 0.562. The number of aryl methyl sites for hydroxylation is 1. The summed E-state index contributed by atoms with van der Waals surface area (Å²) in [6.45, 7) is 4.18. The molecule has 0 saturated carbocycles. The second-order valence-electron chi connectivity index (χ2n) is 5.84. The van der Waals surface area contributed by atoms with Crippen molar-refractivity contribution in [2.75, 3.05) is 13.2 Å². The number of carbonyl (C=O) groups excluding carboxylic acids is 1. The van der Waals surface area contributed by atoms with E-state index in [0.717, 1.165) is 19.3 Å². The molecule has 6 nitrogen and oxygen atoms in total. The zero-order valence-electron chi connectivity index (χ0n) is 13.7. The van der Waals surface area contributed by atoms with E-state index >= 15 is 0 Å². The maximum atomic E-state index is 12.4. The molecule has 24 heavy (non-hydrogen) atoms. The highest BCUT2D eigenvalue weighted by atomic mass is 79.9. The number of hydrogen-bond acceptors (Lipinski definition) is 5. The van der Waals surface area contributed by atoms with Gasteiger partial charge in [0, 0.05) is 11.1 Å². The molecule has 1 aliphatic heterocycles. The molecule has 1 N–H and O–H groups in total. The van der Waals surface area contributed by atoms with Gasteiger partial charge in [-0.2, -0.15) is 0 Å². The number of rotatable bonds is 6. The van der Waals surface area contributed by atoms with Gasteiger partial charge in [-0.05, 0) is 50.8 Å². The molecule has 2 atom stereocenters. The van der Waals surface area contributed by atoms with Crippen LogP contribution in [0.2, 0.25) is 0 Å². The monoisotopic (exact) mass is 419 g/mol. The summed E-state index contributed by atoms with van der Waals surface area (Å²) in [6.07, 6.45) is 2.10. The van der Waals surface area contributed by atoms with Gasteiger partial charge in [0.05, 0.1) is 17.6 Å². The third-order valence-electron chi connectivity index (χ3n) is 3.85. The van der Waals surface area contributed by atoms with Crippen molar-refractivity contribution >= 4 is 31.9 Å². The molecule has 0 radical (unpaired) electrons. The standard InChI is InChI=1S/C16H22BrNO5S/c1-11-6-7-13(17)9-15(11)24(20,21)18-16(19)12(2)23-10-14-5-3-4-8-22-14/h6-7,9,12,14H,3-5,8,10H2,1-2H3,(H,18,19)/t12-,14+/m1/s1. The number of carbonyl (C=O) groups is 1. The first-order valence-electron chi connectivity index (χ1n) is 7.85. The van der Waals surface area contributed by atoms with E-state index in [1.54, 1.807) is 19.1 Å². The van der Waals surface area contributed by atoms with Crippen LogP contribution in [0.1, 0.15) is 31.7 Å². The van der Waals surface area contributed by atoms with Crippen molar-refractivity contribution in [1.82, 2.24) is 4.72 Å². The molecule has 0 unspecified atom stereocenters. The molecule has 2 rings (SSSR count). The van der Waals surface area contributed by atoms with Gasteiger partial charge >= 0.3 is 0 Å². The second kappa shape index (κ2) is 8.42. The molecular weight excluding hydrogens is 398 g/mol. The Bertz CT molecular complexity index is 686. The smallest absolute Gasteiger partial charge is 0.264 e. The Morgan fingerprint density at radius 1 is 1.46 bits per heavy atom. The molecule has 1 aromatic carbocycles. The Morgan fingerprint density at radius 2 is 2.21 bits per heavy atom. The average Bonchev–Trinajstić information content (AvgIpc) is 2.55.